The second-order valence-corrected chi connectivity index (χ2v) is 9.55. The van der Waals surface area contributed by atoms with Gasteiger partial charge in [-0.1, -0.05) is 48.0 Å². The first-order valence-corrected chi connectivity index (χ1v) is 12.1. The molecule has 1 saturated heterocycles. The standard InChI is InChI=1S/C27H23ClN2O4S/c1-17-10-18(2)12-21(11-17)29-25(31)15-30-26(32)24(35-27(30)33)14-19-6-5-8-22(13-19)34-16-20-7-3-4-9-23(20)28/h3-14H,15-16H2,1-2H3,(H,29,31)/b24-14+. The molecule has 3 aromatic carbocycles. The van der Waals surface area contributed by atoms with Crippen molar-refractivity contribution in [3.63, 3.8) is 0 Å². The van der Waals surface area contributed by atoms with Crippen LogP contribution in [0.15, 0.2) is 71.6 Å². The maximum Gasteiger partial charge on any atom is 0.294 e. The van der Waals surface area contributed by atoms with Crippen LogP contribution in [0, 0.1) is 13.8 Å². The summed E-state index contributed by atoms with van der Waals surface area (Å²) < 4.78 is 5.84. The molecule has 0 bridgehead atoms. The molecule has 178 valence electrons. The number of nitrogens with zero attached hydrogens (tertiary/aromatic N) is 1. The number of nitrogens with one attached hydrogen (secondary N) is 1. The van der Waals surface area contributed by atoms with Crippen molar-refractivity contribution >= 4 is 52.2 Å². The zero-order chi connectivity index (χ0) is 24.9. The van der Waals surface area contributed by atoms with E-state index in [1.807, 2.05) is 56.3 Å². The van der Waals surface area contributed by atoms with Crippen molar-refractivity contribution in [2.75, 3.05) is 11.9 Å². The summed E-state index contributed by atoms with van der Waals surface area (Å²) >= 11 is 6.99. The number of thioether (sulfide) groups is 1. The SMILES string of the molecule is Cc1cc(C)cc(NC(=O)CN2C(=O)S/C(=C/c3cccc(OCc4ccccc4Cl)c3)C2=O)c1. The van der Waals surface area contributed by atoms with E-state index < -0.39 is 17.1 Å². The van der Waals surface area contributed by atoms with E-state index in [2.05, 4.69) is 5.32 Å². The van der Waals surface area contributed by atoms with Crippen LogP contribution in [0.25, 0.3) is 6.08 Å². The quantitative estimate of drug-likeness (QED) is 0.385. The fraction of sp³-hybridized carbons (Fsp3) is 0.148. The number of halogens is 1. The molecule has 1 fully saturated rings. The van der Waals surface area contributed by atoms with Gasteiger partial charge in [0.1, 0.15) is 18.9 Å². The van der Waals surface area contributed by atoms with Crippen molar-refractivity contribution in [3.8, 4) is 5.75 Å². The molecule has 1 N–H and O–H groups in total. The smallest absolute Gasteiger partial charge is 0.294 e. The third kappa shape index (κ3) is 6.32. The highest BCUT2D eigenvalue weighted by atomic mass is 35.5. The molecule has 1 heterocycles. The molecule has 0 saturated carbocycles. The van der Waals surface area contributed by atoms with Crippen molar-refractivity contribution in [2.45, 2.75) is 20.5 Å². The van der Waals surface area contributed by atoms with Gasteiger partial charge in [0.05, 0.1) is 4.91 Å². The lowest BCUT2D eigenvalue weighted by atomic mass is 10.1. The van der Waals surface area contributed by atoms with Crippen LogP contribution in [0.2, 0.25) is 5.02 Å². The van der Waals surface area contributed by atoms with Gasteiger partial charge in [-0.05, 0) is 78.7 Å². The molecule has 1 aliphatic rings. The Morgan fingerprint density at radius 3 is 2.51 bits per heavy atom. The number of ether oxygens (including phenoxy) is 1. The second-order valence-electron chi connectivity index (χ2n) is 8.14. The van der Waals surface area contributed by atoms with Crippen LogP contribution < -0.4 is 10.1 Å². The van der Waals surface area contributed by atoms with Gasteiger partial charge in [-0.25, -0.2) is 0 Å². The lowest BCUT2D eigenvalue weighted by molar-refractivity contribution is -0.127. The molecule has 35 heavy (non-hydrogen) atoms. The molecule has 0 aliphatic carbocycles. The Bertz CT molecular complexity index is 1320. The third-order valence-electron chi connectivity index (χ3n) is 5.19. The zero-order valence-electron chi connectivity index (χ0n) is 19.2. The average molecular weight is 507 g/mol. The van der Waals surface area contributed by atoms with E-state index in [0.29, 0.717) is 28.6 Å². The van der Waals surface area contributed by atoms with Gasteiger partial charge in [-0.3, -0.25) is 19.3 Å². The highest BCUT2D eigenvalue weighted by molar-refractivity contribution is 8.18. The molecular weight excluding hydrogens is 484 g/mol. The van der Waals surface area contributed by atoms with E-state index in [9.17, 15) is 14.4 Å². The Labute approximate surface area is 212 Å². The summed E-state index contributed by atoms with van der Waals surface area (Å²) in [5.74, 6) is -0.336. The molecule has 6 nitrogen and oxygen atoms in total. The Balaban J connectivity index is 1.41. The Morgan fingerprint density at radius 1 is 1.03 bits per heavy atom. The number of imide groups is 1. The van der Waals surface area contributed by atoms with E-state index >= 15 is 0 Å². The summed E-state index contributed by atoms with van der Waals surface area (Å²) in [5.41, 5.74) is 4.20. The molecule has 8 heteroatoms. The number of hydrogen-bond acceptors (Lipinski definition) is 5. The van der Waals surface area contributed by atoms with Crippen LogP contribution in [0.3, 0.4) is 0 Å². The van der Waals surface area contributed by atoms with Crippen LogP contribution in [0.1, 0.15) is 22.3 Å². The Kier molecular flexibility index (Phi) is 7.58. The Morgan fingerprint density at radius 2 is 1.77 bits per heavy atom. The fourth-order valence-electron chi connectivity index (χ4n) is 3.65. The molecule has 0 radical (unpaired) electrons. The van der Waals surface area contributed by atoms with Crippen LogP contribution >= 0.6 is 23.4 Å². The van der Waals surface area contributed by atoms with Crippen LogP contribution in [0.5, 0.6) is 5.75 Å². The monoisotopic (exact) mass is 506 g/mol. The molecule has 3 aromatic rings. The predicted octanol–water partition coefficient (Wildman–Crippen LogP) is 6.21. The van der Waals surface area contributed by atoms with Crippen LogP contribution in [-0.4, -0.2) is 28.5 Å². The first-order valence-electron chi connectivity index (χ1n) is 10.9. The molecule has 4 rings (SSSR count). The minimum Gasteiger partial charge on any atom is -0.489 e. The van der Waals surface area contributed by atoms with Gasteiger partial charge in [0, 0.05) is 16.3 Å². The summed E-state index contributed by atoms with van der Waals surface area (Å²) in [6.07, 6.45) is 1.62. The van der Waals surface area contributed by atoms with Gasteiger partial charge < -0.3 is 10.1 Å². The maximum absolute atomic E-state index is 12.8. The summed E-state index contributed by atoms with van der Waals surface area (Å²) in [6, 6.07) is 20.3. The molecule has 3 amide bonds. The summed E-state index contributed by atoms with van der Waals surface area (Å²) in [6.45, 7) is 3.81. The van der Waals surface area contributed by atoms with E-state index in [1.165, 1.54) is 0 Å². The summed E-state index contributed by atoms with van der Waals surface area (Å²) in [4.78, 5) is 39.0. The van der Waals surface area contributed by atoms with Gasteiger partial charge in [0.25, 0.3) is 11.1 Å². The van der Waals surface area contributed by atoms with Gasteiger partial charge in [0.15, 0.2) is 0 Å². The first kappa shape index (κ1) is 24.6. The second kappa shape index (κ2) is 10.8. The maximum atomic E-state index is 12.8. The first-order chi connectivity index (χ1) is 16.8. The summed E-state index contributed by atoms with van der Waals surface area (Å²) in [5, 5.41) is 2.90. The van der Waals surface area contributed by atoms with Crippen LogP contribution in [0.4, 0.5) is 10.5 Å². The topological polar surface area (TPSA) is 75.7 Å². The van der Waals surface area contributed by atoms with Gasteiger partial charge in [-0.2, -0.15) is 0 Å². The third-order valence-corrected chi connectivity index (χ3v) is 6.46. The fourth-order valence-corrected chi connectivity index (χ4v) is 4.68. The number of carbonyl (C=O) groups excluding carboxylic acids is 3. The molecule has 0 unspecified atom stereocenters. The van der Waals surface area contributed by atoms with Crippen molar-refractivity contribution in [2.24, 2.45) is 0 Å². The van der Waals surface area contributed by atoms with Crippen molar-refractivity contribution in [1.82, 2.24) is 4.90 Å². The number of rotatable bonds is 7. The molecule has 1 aliphatic heterocycles. The number of carbonyl (C=O) groups is 3. The van der Waals surface area contributed by atoms with Crippen molar-refractivity contribution in [3.05, 3.63) is 98.9 Å². The lowest BCUT2D eigenvalue weighted by Gasteiger charge is -2.13. The van der Waals surface area contributed by atoms with Crippen LogP contribution in [-0.2, 0) is 16.2 Å². The number of aryl methyl sites for hydroxylation is 2. The molecule has 0 spiro atoms. The Hall–Kier alpha value is -3.55. The largest absolute Gasteiger partial charge is 0.489 e. The van der Waals surface area contributed by atoms with Gasteiger partial charge in [-0.15, -0.1) is 0 Å². The zero-order valence-corrected chi connectivity index (χ0v) is 20.8. The van der Waals surface area contributed by atoms with Gasteiger partial charge >= 0.3 is 0 Å². The molecule has 0 aromatic heterocycles. The van der Waals surface area contributed by atoms with E-state index in [-0.39, 0.29) is 11.4 Å². The van der Waals surface area contributed by atoms with Gasteiger partial charge in [0.2, 0.25) is 5.91 Å². The minimum atomic E-state index is -0.502. The summed E-state index contributed by atoms with van der Waals surface area (Å²) in [7, 11) is 0. The normalized spacial score (nSPS) is 14.5. The average Bonchev–Trinajstić information content (AvgIpc) is 3.05. The van der Waals surface area contributed by atoms with Crippen molar-refractivity contribution in [1.29, 1.82) is 0 Å². The molecule has 0 atom stereocenters. The highest BCUT2D eigenvalue weighted by Crippen LogP contribution is 2.32. The highest BCUT2D eigenvalue weighted by Gasteiger charge is 2.36. The lowest BCUT2D eigenvalue weighted by Crippen LogP contribution is -2.36. The molecular formula is C27H23ClN2O4S. The number of anilines is 1. The van der Waals surface area contributed by atoms with E-state index in [1.54, 1.807) is 30.3 Å². The number of hydrogen-bond donors (Lipinski definition) is 1. The van der Waals surface area contributed by atoms with Crippen molar-refractivity contribution < 1.29 is 19.1 Å². The van der Waals surface area contributed by atoms with E-state index in [0.717, 1.165) is 33.4 Å². The number of amides is 3. The number of benzene rings is 3. The predicted molar refractivity (Wildman–Crippen MR) is 139 cm³/mol. The minimum absolute atomic E-state index is 0.248. The van der Waals surface area contributed by atoms with E-state index in [4.69, 9.17) is 16.3 Å².